The molecule has 0 aliphatic carbocycles. The zero-order valence-electron chi connectivity index (χ0n) is 7.34. The zero-order valence-corrected chi connectivity index (χ0v) is 7.34. The van der Waals surface area contributed by atoms with Crippen molar-refractivity contribution in [2.45, 2.75) is 26.1 Å². The van der Waals surface area contributed by atoms with Crippen LogP contribution in [0.25, 0.3) is 0 Å². The van der Waals surface area contributed by atoms with Crippen LogP contribution in [0.4, 0.5) is 8.78 Å². The number of hydrogen-bond donors (Lipinski definition) is 0. The highest BCUT2D eigenvalue weighted by molar-refractivity contribution is 5.87. The lowest BCUT2D eigenvalue weighted by Gasteiger charge is -2.00. The summed E-state index contributed by atoms with van der Waals surface area (Å²) in [6.07, 6.45) is -2.07. The Morgan fingerprint density at radius 1 is 1.54 bits per heavy atom. The summed E-state index contributed by atoms with van der Waals surface area (Å²) in [7, 11) is 0. The first-order valence-electron chi connectivity index (χ1n) is 3.87. The normalized spacial score (nSPS) is 25.2. The van der Waals surface area contributed by atoms with Gasteiger partial charge in [0.25, 0.3) is 6.08 Å². The van der Waals surface area contributed by atoms with Gasteiger partial charge in [-0.1, -0.05) is 0 Å². The predicted octanol–water partition coefficient (Wildman–Crippen LogP) is 1.49. The third-order valence-corrected chi connectivity index (χ3v) is 1.80. The largest absolute Gasteiger partial charge is 0.459 e. The SMILES string of the molecule is CC(C(=O)OCC1OC1C)=C(F)F. The second kappa shape index (κ2) is 3.83. The van der Waals surface area contributed by atoms with Crippen molar-refractivity contribution in [2.75, 3.05) is 6.61 Å². The van der Waals surface area contributed by atoms with E-state index in [1.165, 1.54) is 0 Å². The molecule has 0 saturated carbocycles. The second-order valence-corrected chi connectivity index (χ2v) is 2.86. The molecule has 0 spiro atoms. The van der Waals surface area contributed by atoms with Gasteiger partial charge in [0.05, 0.1) is 11.7 Å². The molecule has 0 aromatic rings. The highest BCUT2D eigenvalue weighted by atomic mass is 19.3. The minimum atomic E-state index is -2.00. The van der Waals surface area contributed by atoms with Crippen molar-refractivity contribution >= 4 is 5.97 Å². The molecule has 0 aromatic carbocycles. The Bertz CT molecular complexity index is 246. The van der Waals surface area contributed by atoms with Crippen LogP contribution in [0, 0.1) is 0 Å². The number of rotatable bonds is 3. The van der Waals surface area contributed by atoms with Crippen molar-refractivity contribution in [1.29, 1.82) is 0 Å². The average molecular weight is 192 g/mol. The summed E-state index contributed by atoms with van der Waals surface area (Å²) < 4.78 is 33.2. The molecule has 1 fully saturated rings. The third-order valence-electron chi connectivity index (χ3n) is 1.80. The minimum Gasteiger partial charge on any atom is -0.459 e. The van der Waals surface area contributed by atoms with Crippen molar-refractivity contribution in [1.82, 2.24) is 0 Å². The molecule has 5 heteroatoms. The van der Waals surface area contributed by atoms with E-state index in [0.717, 1.165) is 6.92 Å². The molecule has 0 N–H and O–H groups in total. The molecule has 0 aromatic heterocycles. The lowest BCUT2D eigenvalue weighted by atomic mass is 10.3. The first-order chi connectivity index (χ1) is 6.02. The first-order valence-corrected chi connectivity index (χ1v) is 3.87. The van der Waals surface area contributed by atoms with Crippen LogP contribution in [-0.2, 0) is 14.3 Å². The highest BCUT2D eigenvalue weighted by Crippen LogP contribution is 2.21. The summed E-state index contributed by atoms with van der Waals surface area (Å²) in [5, 5.41) is 0. The molecule has 1 rings (SSSR count). The molecule has 0 bridgehead atoms. The van der Waals surface area contributed by atoms with Crippen LogP contribution in [0.5, 0.6) is 0 Å². The van der Waals surface area contributed by atoms with Crippen molar-refractivity contribution in [3.05, 3.63) is 11.7 Å². The molecule has 2 unspecified atom stereocenters. The van der Waals surface area contributed by atoms with Gasteiger partial charge in [0.2, 0.25) is 0 Å². The van der Waals surface area contributed by atoms with Crippen molar-refractivity contribution < 1.29 is 23.0 Å². The summed E-state index contributed by atoms with van der Waals surface area (Å²) in [5.74, 6) is -0.984. The number of esters is 1. The van der Waals surface area contributed by atoms with E-state index in [4.69, 9.17) is 4.74 Å². The van der Waals surface area contributed by atoms with Crippen LogP contribution in [-0.4, -0.2) is 24.8 Å². The summed E-state index contributed by atoms with van der Waals surface area (Å²) >= 11 is 0. The Balaban J connectivity index is 2.29. The molecule has 13 heavy (non-hydrogen) atoms. The van der Waals surface area contributed by atoms with Crippen LogP contribution in [0.3, 0.4) is 0 Å². The number of ether oxygens (including phenoxy) is 2. The van der Waals surface area contributed by atoms with Gasteiger partial charge in [0, 0.05) is 0 Å². The Labute approximate surface area is 74.3 Å². The Morgan fingerprint density at radius 2 is 2.08 bits per heavy atom. The molecular formula is C8H10F2O3. The van der Waals surface area contributed by atoms with E-state index in [-0.39, 0.29) is 18.8 Å². The summed E-state index contributed by atoms with van der Waals surface area (Å²) in [6, 6.07) is 0. The van der Waals surface area contributed by atoms with E-state index in [1.54, 1.807) is 0 Å². The number of halogens is 2. The van der Waals surface area contributed by atoms with E-state index in [0.29, 0.717) is 0 Å². The molecule has 2 atom stereocenters. The minimum absolute atomic E-state index is 0.0463. The van der Waals surface area contributed by atoms with Gasteiger partial charge in [-0.25, -0.2) is 4.79 Å². The number of carbonyl (C=O) groups excluding carboxylic acids is 1. The summed E-state index contributed by atoms with van der Waals surface area (Å²) in [6.45, 7) is 2.89. The van der Waals surface area contributed by atoms with Crippen molar-refractivity contribution in [2.24, 2.45) is 0 Å². The van der Waals surface area contributed by atoms with Gasteiger partial charge < -0.3 is 9.47 Å². The van der Waals surface area contributed by atoms with Gasteiger partial charge in [0.1, 0.15) is 12.7 Å². The maximum absolute atomic E-state index is 11.8. The number of epoxide rings is 1. The van der Waals surface area contributed by atoms with E-state index >= 15 is 0 Å². The molecule has 1 aliphatic heterocycles. The average Bonchev–Trinajstić information content (AvgIpc) is 2.76. The van der Waals surface area contributed by atoms with E-state index in [9.17, 15) is 13.6 Å². The number of hydrogen-bond acceptors (Lipinski definition) is 3. The molecule has 1 aliphatic rings. The topological polar surface area (TPSA) is 38.8 Å². The molecule has 74 valence electrons. The van der Waals surface area contributed by atoms with Crippen LogP contribution < -0.4 is 0 Å². The summed E-state index contributed by atoms with van der Waals surface area (Å²) in [5.41, 5.74) is -0.645. The molecule has 0 amide bonds. The molecule has 3 nitrogen and oxygen atoms in total. The van der Waals surface area contributed by atoms with Crippen LogP contribution in [0.15, 0.2) is 11.7 Å². The van der Waals surface area contributed by atoms with E-state index in [2.05, 4.69) is 4.74 Å². The third kappa shape index (κ3) is 2.77. The lowest BCUT2D eigenvalue weighted by molar-refractivity contribution is -0.139. The van der Waals surface area contributed by atoms with Gasteiger partial charge >= 0.3 is 5.97 Å². The van der Waals surface area contributed by atoms with Crippen LogP contribution >= 0.6 is 0 Å². The standard InChI is InChI=1S/C8H10F2O3/c1-4(7(9)10)8(11)12-3-6-5(2)13-6/h5-6H,3H2,1-2H3. The molecule has 1 heterocycles. The zero-order chi connectivity index (χ0) is 10.0. The quantitative estimate of drug-likeness (QED) is 0.386. The maximum atomic E-state index is 11.8. The Hall–Kier alpha value is -0.970. The van der Waals surface area contributed by atoms with Gasteiger partial charge in [-0.2, -0.15) is 8.78 Å². The first kappa shape index (κ1) is 10.1. The number of carbonyl (C=O) groups is 1. The van der Waals surface area contributed by atoms with Gasteiger partial charge in [-0.15, -0.1) is 0 Å². The smallest absolute Gasteiger partial charge is 0.339 e. The Kier molecular flexibility index (Phi) is 2.98. The molecule has 0 radical (unpaired) electrons. The summed E-state index contributed by atoms with van der Waals surface area (Å²) in [4.78, 5) is 10.8. The van der Waals surface area contributed by atoms with E-state index < -0.39 is 17.6 Å². The van der Waals surface area contributed by atoms with Crippen LogP contribution in [0.1, 0.15) is 13.8 Å². The van der Waals surface area contributed by atoms with Crippen LogP contribution in [0.2, 0.25) is 0 Å². The maximum Gasteiger partial charge on any atom is 0.339 e. The van der Waals surface area contributed by atoms with Crippen molar-refractivity contribution in [3.63, 3.8) is 0 Å². The van der Waals surface area contributed by atoms with Gasteiger partial charge in [-0.05, 0) is 13.8 Å². The lowest BCUT2D eigenvalue weighted by Crippen LogP contribution is -2.12. The second-order valence-electron chi connectivity index (χ2n) is 2.86. The molecule has 1 saturated heterocycles. The van der Waals surface area contributed by atoms with Crippen molar-refractivity contribution in [3.8, 4) is 0 Å². The fraction of sp³-hybridized carbons (Fsp3) is 0.625. The van der Waals surface area contributed by atoms with Gasteiger partial charge in [0.15, 0.2) is 0 Å². The highest BCUT2D eigenvalue weighted by Gasteiger charge is 2.35. The molecular weight excluding hydrogens is 182 g/mol. The van der Waals surface area contributed by atoms with E-state index in [1.807, 2.05) is 6.92 Å². The fourth-order valence-corrected chi connectivity index (χ4v) is 0.748. The fourth-order valence-electron chi connectivity index (χ4n) is 0.748. The predicted molar refractivity (Wildman–Crippen MR) is 40.2 cm³/mol. The monoisotopic (exact) mass is 192 g/mol. The Morgan fingerprint density at radius 3 is 2.46 bits per heavy atom. The van der Waals surface area contributed by atoms with Gasteiger partial charge in [-0.3, -0.25) is 0 Å².